The van der Waals surface area contributed by atoms with E-state index in [0.717, 1.165) is 6.42 Å². The lowest BCUT2D eigenvalue weighted by molar-refractivity contribution is -0.386. The standard InChI is InChI=1S/C16H22BrN3O4/c1-16(2,3)24-15(21)19-8-7-12(10-19)18-9-11-5-4-6-13(17)14(11)20(22)23/h4-6,12,18H,7-10H2,1-3H3. The second-order valence-corrected chi connectivity index (χ2v) is 7.65. The fourth-order valence-electron chi connectivity index (χ4n) is 2.58. The van der Waals surface area contributed by atoms with Gasteiger partial charge in [-0.1, -0.05) is 12.1 Å². The van der Waals surface area contributed by atoms with Crippen molar-refractivity contribution in [2.75, 3.05) is 13.1 Å². The molecule has 1 aromatic carbocycles. The Morgan fingerprint density at radius 2 is 2.21 bits per heavy atom. The molecule has 1 aromatic rings. The zero-order chi connectivity index (χ0) is 17.9. The number of para-hydroxylation sites is 1. The number of carbonyl (C=O) groups is 1. The summed E-state index contributed by atoms with van der Waals surface area (Å²) in [5.74, 6) is 0. The average molecular weight is 400 g/mol. The lowest BCUT2D eigenvalue weighted by Crippen LogP contribution is -2.38. The van der Waals surface area contributed by atoms with Crippen molar-refractivity contribution in [3.8, 4) is 0 Å². The van der Waals surface area contributed by atoms with Crippen LogP contribution >= 0.6 is 15.9 Å². The third-order valence-corrected chi connectivity index (χ3v) is 4.31. The fourth-order valence-corrected chi connectivity index (χ4v) is 3.13. The molecule has 1 amide bonds. The monoisotopic (exact) mass is 399 g/mol. The number of halogens is 1. The first-order valence-corrected chi connectivity index (χ1v) is 8.60. The maximum absolute atomic E-state index is 12.0. The van der Waals surface area contributed by atoms with Gasteiger partial charge in [0.05, 0.1) is 9.40 Å². The molecule has 24 heavy (non-hydrogen) atoms. The van der Waals surface area contributed by atoms with Crippen molar-refractivity contribution in [2.45, 2.75) is 45.4 Å². The predicted octanol–water partition coefficient (Wildman–Crippen LogP) is 3.46. The minimum atomic E-state index is -0.514. The van der Waals surface area contributed by atoms with Crippen LogP contribution in [0.25, 0.3) is 0 Å². The van der Waals surface area contributed by atoms with E-state index >= 15 is 0 Å². The largest absolute Gasteiger partial charge is 0.444 e. The Kier molecular flexibility index (Phi) is 5.82. The highest BCUT2D eigenvalue weighted by Crippen LogP contribution is 2.28. The number of nitro benzene ring substituents is 1. The second-order valence-electron chi connectivity index (χ2n) is 6.80. The number of amides is 1. The van der Waals surface area contributed by atoms with Gasteiger partial charge in [0, 0.05) is 31.2 Å². The molecule has 1 saturated heterocycles. The van der Waals surface area contributed by atoms with Crippen LogP contribution in [0.4, 0.5) is 10.5 Å². The van der Waals surface area contributed by atoms with E-state index in [-0.39, 0.29) is 22.7 Å². The average Bonchev–Trinajstić information content (AvgIpc) is 2.91. The Balaban J connectivity index is 1.92. The van der Waals surface area contributed by atoms with Crippen LogP contribution in [0.5, 0.6) is 0 Å². The van der Waals surface area contributed by atoms with Gasteiger partial charge in [0.2, 0.25) is 0 Å². The highest BCUT2D eigenvalue weighted by atomic mass is 79.9. The molecule has 1 atom stereocenters. The van der Waals surface area contributed by atoms with E-state index < -0.39 is 5.60 Å². The molecule has 0 saturated carbocycles. The van der Waals surface area contributed by atoms with Crippen LogP contribution in [0.1, 0.15) is 32.8 Å². The van der Waals surface area contributed by atoms with Gasteiger partial charge in [-0.05, 0) is 49.2 Å². The molecule has 1 heterocycles. The quantitative estimate of drug-likeness (QED) is 0.618. The van der Waals surface area contributed by atoms with Crippen LogP contribution in [-0.4, -0.2) is 40.6 Å². The zero-order valence-corrected chi connectivity index (χ0v) is 15.6. The van der Waals surface area contributed by atoms with Crippen LogP contribution in [0, 0.1) is 10.1 Å². The molecular weight excluding hydrogens is 378 g/mol. The van der Waals surface area contributed by atoms with Gasteiger partial charge < -0.3 is 15.0 Å². The summed E-state index contributed by atoms with van der Waals surface area (Å²) in [5, 5.41) is 14.5. The molecule has 0 radical (unpaired) electrons. The maximum atomic E-state index is 12.0. The van der Waals surface area contributed by atoms with E-state index in [1.165, 1.54) is 0 Å². The Morgan fingerprint density at radius 1 is 1.50 bits per heavy atom. The van der Waals surface area contributed by atoms with Gasteiger partial charge >= 0.3 is 6.09 Å². The molecule has 0 bridgehead atoms. The Hall–Kier alpha value is -1.67. The maximum Gasteiger partial charge on any atom is 0.410 e. The van der Waals surface area contributed by atoms with Gasteiger partial charge in [0.25, 0.3) is 5.69 Å². The van der Waals surface area contributed by atoms with Crippen LogP contribution in [0.15, 0.2) is 22.7 Å². The van der Waals surface area contributed by atoms with Crippen LogP contribution in [0.3, 0.4) is 0 Å². The number of carbonyl (C=O) groups excluding carboxylic acids is 1. The van der Waals surface area contributed by atoms with E-state index in [2.05, 4.69) is 21.2 Å². The number of nitrogens with one attached hydrogen (secondary N) is 1. The normalized spacial score (nSPS) is 17.8. The number of nitro groups is 1. The molecule has 0 spiro atoms. The highest BCUT2D eigenvalue weighted by molar-refractivity contribution is 9.10. The second kappa shape index (κ2) is 7.48. The van der Waals surface area contributed by atoms with Gasteiger partial charge in [0.15, 0.2) is 0 Å². The molecule has 8 heteroatoms. The van der Waals surface area contributed by atoms with E-state index in [0.29, 0.717) is 29.7 Å². The topological polar surface area (TPSA) is 84.7 Å². The summed E-state index contributed by atoms with van der Waals surface area (Å²) < 4.78 is 5.83. The van der Waals surface area contributed by atoms with Crippen molar-refractivity contribution in [1.29, 1.82) is 0 Å². The van der Waals surface area contributed by atoms with Gasteiger partial charge in [-0.2, -0.15) is 0 Å². The summed E-state index contributed by atoms with van der Waals surface area (Å²) in [6, 6.07) is 5.25. The molecule has 0 aliphatic carbocycles. The van der Waals surface area contributed by atoms with Crippen LogP contribution in [0.2, 0.25) is 0 Å². The lowest BCUT2D eigenvalue weighted by atomic mass is 10.1. The van der Waals surface area contributed by atoms with E-state index in [1.54, 1.807) is 23.1 Å². The number of rotatable bonds is 4. The van der Waals surface area contributed by atoms with Crippen LogP contribution in [-0.2, 0) is 11.3 Å². The lowest BCUT2D eigenvalue weighted by Gasteiger charge is -2.24. The molecule has 1 unspecified atom stereocenters. The number of nitrogens with zero attached hydrogens (tertiary/aromatic N) is 2. The van der Waals surface area contributed by atoms with Crippen molar-refractivity contribution in [2.24, 2.45) is 0 Å². The summed E-state index contributed by atoms with van der Waals surface area (Å²) in [5.41, 5.74) is 0.177. The number of hydrogen-bond acceptors (Lipinski definition) is 5. The Morgan fingerprint density at radius 3 is 2.83 bits per heavy atom. The zero-order valence-electron chi connectivity index (χ0n) is 14.0. The number of likely N-dealkylation sites (tertiary alicyclic amines) is 1. The van der Waals surface area contributed by atoms with Gasteiger partial charge in [0.1, 0.15) is 5.60 Å². The third-order valence-electron chi connectivity index (χ3n) is 3.67. The molecule has 2 rings (SSSR count). The molecule has 0 aromatic heterocycles. The van der Waals surface area contributed by atoms with E-state index in [1.807, 2.05) is 20.8 Å². The number of hydrogen-bond donors (Lipinski definition) is 1. The molecule has 1 aliphatic heterocycles. The van der Waals surface area contributed by atoms with Gasteiger partial charge in [-0.25, -0.2) is 4.79 Å². The minimum Gasteiger partial charge on any atom is -0.444 e. The first-order chi connectivity index (χ1) is 11.2. The fraction of sp³-hybridized carbons (Fsp3) is 0.562. The first-order valence-electron chi connectivity index (χ1n) is 7.80. The summed E-state index contributed by atoms with van der Waals surface area (Å²) >= 11 is 3.22. The molecule has 1 N–H and O–H groups in total. The van der Waals surface area contributed by atoms with Crippen molar-refractivity contribution < 1.29 is 14.5 Å². The van der Waals surface area contributed by atoms with E-state index in [4.69, 9.17) is 4.74 Å². The Labute approximate surface area is 149 Å². The summed E-state index contributed by atoms with van der Waals surface area (Å²) in [7, 11) is 0. The summed E-state index contributed by atoms with van der Waals surface area (Å²) in [6.07, 6.45) is 0.473. The van der Waals surface area contributed by atoms with Crippen molar-refractivity contribution in [1.82, 2.24) is 10.2 Å². The predicted molar refractivity (Wildman–Crippen MR) is 93.8 cm³/mol. The smallest absolute Gasteiger partial charge is 0.410 e. The number of ether oxygens (including phenoxy) is 1. The van der Waals surface area contributed by atoms with Crippen LogP contribution < -0.4 is 5.32 Å². The third kappa shape index (κ3) is 4.91. The summed E-state index contributed by atoms with van der Waals surface area (Å²) in [6.45, 7) is 7.04. The molecule has 1 aliphatic rings. The van der Waals surface area contributed by atoms with Crippen molar-refractivity contribution in [3.05, 3.63) is 38.3 Å². The number of benzene rings is 1. The minimum absolute atomic E-state index is 0.0759. The van der Waals surface area contributed by atoms with Crippen molar-refractivity contribution in [3.63, 3.8) is 0 Å². The van der Waals surface area contributed by atoms with Crippen molar-refractivity contribution >= 4 is 27.7 Å². The first kappa shape index (κ1) is 18.7. The molecule has 132 valence electrons. The van der Waals surface area contributed by atoms with Gasteiger partial charge in [-0.3, -0.25) is 10.1 Å². The SMILES string of the molecule is CC(C)(C)OC(=O)N1CCC(NCc2cccc(Br)c2[N+](=O)[O-])C1. The molecular formula is C16H22BrN3O4. The van der Waals surface area contributed by atoms with E-state index in [9.17, 15) is 14.9 Å². The summed E-state index contributed by atoms with van der Waals surface area (Å²) in [4.78, 5) is 24.5. The molecule has 1 fully saturated rings. The van der Waals surface area contributed by atoms with Gasteiger partial charge in [-0.15, -0.1) is 0 Å². The Bertz CT molecular complexity index is 630. The highest BCUT2D eigenvalue weighted by Gasteiger charge is 2.30. The molecule has 7 nitrogen and oxygen atoms in total.